The Bertz CT molecular complexity index is 3130. The van der Waals surface area contributed by atoms with Gasteiger partial charge in [0.2, 0.25) is 0 Å². The van der Waals surface area contributed by atoms with E-state index in [0.29, 0.717) is 0 Å². The molecule has 2 heteroatoms. The highest BCUT2D eigenvalue weighted by Crippen LogP contribution is 2.53. The Kier molecular flexibility index (Phi) is 9.43. The Morgan fingerprint density at radius 1 is 0.333 bits per heavy atom. The molecule has 0 saturated carbocycles. The number of halogens is 1. The van der Waals surface area contributed by atoms with E-state index in [1.807, 2.05) is 18.2 Å². The van der Waals surface area contributed by atoms with Crippen molar-refractivity contribution >= 4 is 27.8 Å². The third-order valence-corrected chi connectivity index (χ3v) is 12.9. The zero-order chi connectivity index (χ0) is 42.5. The van der Waals surface area contributed by atoms with Crippen molar-refractivity contribution in [2.45, 2.75) is 19.3 Å². The summed E-state index contributed by atoms with van der Waals surface area (Å²) >= 11 is 0. The van der Waals surface area contributed by atoms with E-state index in [9.17, 15) is 0 Å². The molecule has 0 heterocycles. The topological polar surface area (TPSA) is 3.24 Å². The molecule has 0 saturated heterocycles. The molecule has 0 N–H and O–H groups in total. The monoisotopic (exact) mass is 809 g/mol. The van der Waals surface area contributed by atoms with Crippen LogP contribution in [0.1, 0.15) is 25.0 Å². The third kappa shape index (κ3) is 6.91. The van der Waals surface area contributed by atoms with Crippen molar-refractivity contribution in [3.8, 4) is 66.8 Å². The van der Waals surface area contributed by atoms with Gasteiger partial charge in [0.15, 0.2) is 0 Å². The molecular weight excluding hydrogens is 766 g/mol. The first-order valence-corrected chi connectivity index (χ1v) is 21.7. The highest BCUT2D eigenvalue weighted by atomic mass is 19.1. The first-order valence-electron chi connectivity index (χ1n) is 21.7. The quantitative estimate of drug-likeness (QED) is 0.148. The Balaban J connectivity index is 0.977. The van der Waals surface area contributed by atoms with Crippen molar-refractivity contribution in [3.63, 3.8) is 0 Å². The molecule has 0 radical (unpaired) electrons. The molecule has 0 spiro atoms. The standard InChI is InChI=1S/C61H44FN/c1-61(2)58-40-53(36-37-56(58)57-38-50(39-59(62)60(57)61)55-19-11-17-49-16-9-10-18-54(49)55)63(51-32-28-47(29-33-51)45-24-20-43(21-25-45)41-12-5-3-6-13-41)52-34-30-48(31-35-52)46-26-22-44(23-27-46)42-14-7-4-8-15-42/h3-40H,1-2H3. The van der Waals surface area contributed by atoms with E-state index in [0.717, 1.165) is 83.5 Å². The van der Waals surface area contributed by atoms with Gasteiger partial charge in [-0.3, -0.25) is 0 Å². The number of rotatable bonds is 8. The lowest BCUT2D eigenvalue weighted by atomic mass is 9.81. The van der Waals surface area contributed by atoms with Gasteiger partial charge in [0.05, 0.1) is 0 Å². The number of hydrogen-bond acceptors (Lipinski definition) is 1. The van der Waals surface area contributed by atoms with Crippen LogP contribution in [-0.4, -0.2) is 0 Å². The van der Waals surface area contributed by atoms with Crippen LogP contribution < -0.4 is 4.90 Å². The zero-order valence-corrected chi connectivity index (χ0v) is 35.3. The van der Waals surface area contributed by atoms with Crippen LogP contribution in [0.15, 0.2) is 231 Å². The Labute approximate surface area is 369 Å². The summed E-state index contributed by atoms with van der Waals surface area (Å²) in [6.07, 6.45) is 0. The van der Waals surface area contributed by atoms with Crippen LogP contribution in [0.4, 0.5) is 21.5 Å². The number of hydrogen-bond donors (Lipinski definition) is 0. The van der Waals surface area contributed by atoms with Crippen LogP contribution >= 0.6 is 0 Å². The molecule has 63 heavy (non-hydrogen) atoms. The van der Waals surface area contributed by atoms with Crippen molar-refractivity contribution in [2.75, 3.05) is 4.90 Å². The lowest BCUT2D eigenvalue weighted by molar-refractivity contribution is 0.559. The van der Waals surface area contributed by atoms with E-state index in [1.165, 1.54) is 22.3 Å². The molecule has 300 valence electrons. The second-order valence-corrected chi connectivity index (χ2v) is 17.1. The number of nitrogens with zero attached hydrogens (tertiary/aromatic N) is 1. The minimum atomic E-state index is -0.556. The van der Waals surface area contributed by atoms with Gasteiger partial charge in [0.1, 0.15) is 5.82 Å². The summed E-state index contributed by atoms with van der Waals surface area (Å²) in [6.45, 7) is 4.31. The molecule has 10 aromatic carbocycles. The van der Waals surface area contributed by atoms with Gasteiger partial charge in [-0.25, -0.2) is 4.39 Å². The van der Waals surface area contributed by atoms with E-state index in [4.69, 9.17) is 0 Å². The first-order chi connectivity index (χ1) is 30.9. The summed E-state index contributed by atoms with van der Waals surface area (Å²) in [5.74, 6) is -0.171. The summed E-state index contributed by atoms with van der Waals surface area (Å²) in [7, 11) is 0. The van der Waals surface area contributed by atoms with Gasteiger partial charge in [-0.05, 0) is 132 Å². The molecule has 0 fully saturated rings. The lowest BCUT2D eigenvalue weighted by Crippen LogP contribution is -2.18. The minimum Gasteiger partial charge on any atom is -0.310 e. The highest BCUT2D eigenvalue weighted by Gasteiger charge is 2.39. The minimum absolute atomic E-state index is 0.171. The maximum atomic E-state index is 16.6. The normalized spacial score (nSPS) is 12.5. The van der Waals surface area contributed by atoms with Crippen molar-refractivity contribution < 1.29 is 4.39 Å². The average Bonchev–Trinajstić information content (AvgIpc) is 3.58. The third-order valence-electron chi connectivity index (χ3n) is 12.9. The number of benzene rings is 10. The summed E-state index contributed by atoms with van der Waals surface area (Å²) in [5.41, 5.74) is 17.8. The van der Waals surface area contributed by atoms with E-state index in [2.05, 4.69) is 225 Å². The molecule has 1 nitrogen and oxygen atoms in total. The van der Waals surface area contributed by atoms with Crippen LogP contribution in [0.3, 0.4) is 0 Å². The van der Waals surface area contributed by atoms with Crippen molar-refractivity contribution in [2.24, 2.45) is 0 Å². The Morgan fingerprint density at radius 3 is 1.29 bits per heavy atom. The van der Waals surface area contributed by atoms with Crippen molar-refractivity contribution in [3.05, 3.63) is 247 Å². The molecule has 1 aliphatic rings. The van der Waals surface area contributed by atoms with Crippen molar-refractivity contribution in [1.29, 1.82) is 0 Å². The molecule has 10 aromatic rings. The maximum Gasteiger partial charge on any atom is 0.128 e. The smallest absolute Gasteiger partial charge is 0.128 e. The molecule has 0 unspecified atom stereocenters. The molecule has 0 amide bonds. The van der Waals surface area contributed by atoms with Crippen LogP contribution in [0, 0.1) is 5.82 Å². The fourth-order valence-corrected chi connectivity index (χ4v) is 9.67. The summed E-state index contributed by atoms with van der Waals surface area (Å²) in [5, 5.41) is 2.26. The average molecular weight is 810 g/mol. The van der Waals surface area contributed by atoms with Crippen LogP contribution in [0.5, 0.6) is 0 Å². The van der Waals surface area contributed by atoms with Crippen LogP contribution in [0.25, 0.3) is 77.5 Å². The summed E-state index contributed by atoms with van der Waals surface area (Å²) in [6, 6.07) is 81.4. The van der Waals surface area contributed by atoms with E-state index < -0.39 is 5.41 Å². The van der Waals surface area contributed by atoms with E-state index in [1.54, 1.807) is 6.07 Å². The molecular formula is C61H44FN. The molecule has 11 rings (SSSR count). The predicted molar refractivity (Wildman–Crippen MR) is 263 cm³/mol. The largest absolute Gasteiger partial charge is 0.310 e. The fourth-order valence-electron chi connectivity index (χ4n) is 9.67. The van der Waals surface area contributed by atoms with Gasteiger partial charge >= 0.3 is 0 Å². The van der Waals surface area contributed by atoms with Gasteiger partial charge in [-0.2, -0.15) is 0 Å². The van der Waals surface area contributed by atoms with Crippen LogP contribution in [-0.2, 0) is 5.41 Å². The number of anilines is 3. The first kappa shape index (κ1) is 38.1. The molecule has 0 atom stereocenters. The predicted octanol–water partition coefficient (Wildman–Crippen LogP) is 17.1. The van der Waals surface area contributed by atoms with E-state index >= 15 is 4.39 Å². The highest BCUT2D eigenvalue weighted by molar-refractivity contribution is 5.98. The van der Waals surface area contributed by atoms with Gasteiger partial charge < -0.3 is 4.90 Å². The van der Waals surface area contributed by atoms with Gasteiger partial charge in [-0.15, -0.1) is 0 Å². The van der Waals surface area contributed by atoms with Gasteiger partial charge in [0.25, 0.3) is 0 Å². The maximum absolute atomic E-state index is 16.6. The van der Waals surface area contributed by atoms with Crippen molar-refractivity contribution in [1.82, 2.24) is 0 Å². The van der Waals surface area contributed by atoms with Gasteiger partial charge in [-0.1, -0.05) is 196 Å². The molecule has 1 aliphatic carbocycles. The Morgan fingerprint density at radius 2 is 0.762 bits per heavy atom. The molecule has 0 bridgehead atoms. The molecule has 0 aliphatic heterocycles. The fraction of sp³-hybridized carbons (Fsp3) is 0.0492. The van der Waals surface area contributed by atoms with Crippen LogP contribution in [0.2, 0.25) is 0 Å². The van der Waals surface area contributed by atoms with Gasteiger partial charge in [0, 0.05) is 28.0 Å². The zero-order valence-electron chi connectivity index (χ0n) is 35.3. The second-order valence-electron chi connectivity index (χ2n) is 17.1. The second kappa shape index (κ2) is 15.6. The number of fused-ring (bicyclic) bond motifs is 4. The lowest BCUT2D eigenvalue weighted by Gasteiger charge is -2.28. The van der Waals surface area contributed by atoms with E-state index in [-0.39, 0.29) is 5.82 Å². The summed E-state index contributed by atoms with van der Waals surface area (Å²) < 4.78 is 16.6. The molecule has 0 aromatic heterocycles. The Hall–Kier alpha value is -7.81. The summed E-state index contributed by atoms with van der Waals surface area (Å²) in [4.78, 5) is 2.32. The SMILES string of the molecule is CC1(C)c2cc(N(c3ccc(-c4ccc(-c5ccccc5)cc4)cc3)c3ccc(-c4ccc(-c5ccccc5)cc4)cc3)ccc2-c2cc(-c3cccc4ccccc34)cc(F)c21.